The Morgan fingerprint density at radius 1 is 1.04 bits per heavy atom. The van der Waals surface area contributed by atoms with E-state index >= 15 is 0 Å². The number of hydrogen-bond donors (Lipinski definition) is 2. The minimum Gasteiger partial charge on any atom is -0.504 e. The number of phenolic OH excluding ortho intramolecular Hbond substituents is 2. The average molecular weight is 314 g/mol. The summed E-state index contributed by atoms with van der Waals surface area (Å²) in [5, 5.41) is 19.7. The van der Waals surface area contributed by atoms with E-state index < -0.39 is 11.6 Å². The summed E-state index contributed by atoms with van der Waals surface area (Å²) >= 11 is 0. The Balaban J connectivity index is 2.43. The zero-order valence-electron chi connectivity index (χ0n) is 12.6. The summed E-state index contributed by atoms with van der Waals surface area (Å²) in [6.07, 6.45) is 0. The number of rotatable bonds is 2. The fraction of sp³-hybridized carbons (Fsp3) is 0.167. The van der Waals surface area contributed by atoms with Gasteiger partial charge in [0.05, 0.1) is 10.9 Å². The minimum atomic E-state index is -0.466. The van der Waals surface area contributed by atoms with Crippen LogP contribution in [0.1, 0.15) is 25.5 Å². The van der Waals surface area contributed by atoms with Crippen molar-refractivity contribution in [2.75, 3.05) is 0 Å². The third-order valence-corrected chi connectivity index (χ3v) is 3.70. The molecular weight excluding hydrogens is 299 g/mol. The summed E-state index contributed by atoms with van der Waals surface area (Å²) in [7, 11) is 0. The van der Waals surface area contributed by atoms with E-state index in [1.165, 1.54) is 36.4 Å². The zero-order valence-corrected chi connectivity index (χ0v) is 12.6. The van der Waals surface area contributed by atoms with Crippen LogP contribution in [0.15, 0.2) is 45.6 Å². The Hall–Kier alpha value is -2.82. The van der Waals surface area contributed by atoms with Crippen LogP contribution in [0.5, 0.6) is 11.5 Å². The first kappa shape index (κ1) is 15.1. The van der Waals surface area contributed by atoms with Gasteiger partial charge in [0.2, 0.25) is 11.2 Å². The van der Waals surface area contributed by atoms with Crippen molar-refractivity contribution in [3.05, 3.63) is 58.2 Å². The quantitative estimate of drug-likeness (QED) is 0.698. The van der Waals surface area contributed by atoms with Crippen LogP contribution < -0.4 is 5.43 Å². The fourth-order valence-corrected chi connectivity index (χ4v) is 2.55. The predicted molar refractivity (Wildman–Crippen MR) is 85.3 cm³/mol. The number of hydrogen-bond acceptors (Lipinski definition) is 4. The summed E-state index contributed by atoms with van der Waals surface area (Å²) in [6, 6.07) is 8.21. The monoisotopic (exact) mass is 314 g/mol. The molecule has 23 heavy (non-hydrogen) atoms. The van der Waals surface area contributed by atoms with Gasteiger partial charge in [-0.2, -0.15) is 0 Å². The molecule has 118 valence electrons. The molecule has 0 bridgehead atoms. The zero-order chi connectivity index (χ0) is 16.7. The molecule has 0 aliphatic heterocycles. The molecule has 5 heteroatoms. The summed E-state index contributed by atoms with van der Waals surface area (Å²) in [5.41, 5.74) is 0.484. The van der Waals surface area contributed by atoms with Gasteiger partial charge in [0.25, 0.3) is 0 Å². The molecule has 0 spiro atoms. The van der Waals surface area contributed by atoms with Crippen LogP contribution in [-0.4, -0.2) is 10.2 Å². The van der Waals surface area contributed by atoms with Crippen molar-refractivity contribution in [2.24, 2.45) is 0 Å². The van der Waals surface area contributed by atoms with Gasteiger partial charge in [-0.05, 0) is 29.8 Å². The van der Waals surface area contributed by atoms with Gasteiger partial charge < -0.3 is 14.6 Å². The van der Waals surface area contributed by atoms with Gasteiger partial charge >= 0.3 is 0 Å². The second-order valence-electron chi connectivity index (χ2n) is 5.64. The molecule has 1 heterocycles. The Bertz CT molecular complexity index is 940. The molecule has 1 aromatic heterocycles. The second kappa shape index (κ2) is 5.43. The van der Waals surface area contributed by atoms with Crippen LogP contribution in [0.4, 0.5) is 4.39 Å². The molecule has 0 unspecified atom stereocenters. The Morgan fingerprint density at radius 2 is 1.70 bits per heavy atom. The highest BCUT2D eigenvalue weighted by atomic mass is 19.1. The second-order valence-corrected chi connectivity index (χ2v) is 5.64. The Labute approximate surface area is 131 Å². The maximum Gasteiger partial charge on any atom is 0.201 e. The number of benzene rings is 2. The Kier molecular flexibility index (Phi) is 3.56. The van der Waals surface area contributed by atoms with Crippen molar-refractivity contribution in [1.29, 1.82) is 0 Å². The molecule has 0 fully saturated rings. The number of aromatic hydroxyl groups is 2. The van der Waals surface area contributed by atoms with Crippen LogP contribution in [0.25, 0.3) is 22.1 Å². The van der Waals surface area contributed by atoms with Crippen molar-refractivity contribution in [1.82, 2.24) is 0 Å². The molecule has 4 nitrogen and oxygen atoms in total. The van der Waals surface area contributed by atoms with Gasteiger partial charge in [0.15, 0.2) is 11.3 Å². The molecule has 3 aromatic rings. The van der Waals surface area contributed by atoms with Gasteiger partial charge in [0, 0.05) is 5.92 Å². The number of halogens is 1. The molecule has 0 aliphatic carbocycles. The lowest BCUT2D eigenvalue weighted by Gasteiger charge is -2.13. The molecule has 0 radical (unpaired) electrons. The number of fused-ring (bicyclic) bond motifs is 1. The first-order valence-corrected chi connectivity index (χ1v) is 7.17. The van der Waals surface area contributed by atoms with Crippen molar-refractivity contribution in [2.45, 2.75) is 19.8 Å². The largest absolute Gasteiger partial charge is 0.504 e. The molecule has 3 rings (SSSR count). The topological polar surface area (TPSA) is 70.7 Å². The summed E-state index contributed by atoms with van der Waals surface area (Å²) in [5.74, 6) is -0.992. The van der Waals surface area contributed by atoms with Crippen LogP contribution in [-0.2, 0) is 0 Å². The maximum atomic E-state index is 13.1. The van der Waals surface area contributed by atoms with E-state index in [0.29, 0.717) is 16.9 Å². The molecule has 2 aromatic carbocycles. The first-order chi connectivity index (χ1) is 10.9. The van der Waals surface area contributed by atoms with Gasteiger partial charge in [0.1, 0.15) is 11.6 Å². The average Bonchev–Trinajstić information content (AvgIpc) is 2.52. The van der Waals surface area contributed by atoms with Crippen molar-refractivity contribution < 1.29 is 19.0 Å². The van der Waals surface area contributed by atoms with E-state index in [2.05, 4.69) is 0 Å². The normalized spacial score (nSPS) is 11.3. The van der Waals surface area contributed by atoms with Crippen LogP contribution >= 0.6 is 0 Å². The van der Waals surface area contributed by atoms with Crippen LogP contribution in [0, 0.1) is 5.82 Å². The SMILES string of the molecule is CC(C)c1oc2c(O)c(O)ccc2c(=O)c1-c1ccc(F)cc1. The van der Waals surface area contributed by atoms with E-state index in [9.17, 15) is 19.4 Å². The van der Waals surface area contributed by atoms with Crippen molar-refractivity contribution in [3.8, 4) is 22.6 Å². The van der Waals surface area contributed by atoms with E-state index in [4.69, 9.17) is 4.42 Å². The summed E-state index contributed by atoms with van der Waals surface area (Å²) in [4.78, 5) is 12.9. The van der Waals surface area contributed by atoms with E-state index in [1.807, 2.05) is 13.8 Å². The number of phenols is 2. The minimum absolute atomic E-state index is 0.0513. The van der Waals surface area contributed by atoms with E-state index in [-0.39, 0.29) is 28.1 Å². The standard InChI is InChI=1S/C18H15FO4/c1-9(2)17-14(10-3-5-11(19)6-4-10)15(21)12-7-8-13(20)16(22)18(12)23-17/h3-9,20,22H,1-2H3. The molecular formula is C18H15FO4. The lowest BCUT2D eigenvalue weighted by molar-refractivity contribution is 0.395. The van der Waals surface area contributed by atoms with Crippen LogP contribution in [0.3, 0.4) is 0 Å². The highest BCUT2D eigenvalue weighted by Gasteiger charge is 2.21. The van der Waals surface area contributed by atoms with Gasteiger partial charge in [-0.15, -0.1) is 0 Å². The predicted octanol–water partition coefficient (Wildman–Crippen LogP) is 4.13. The third-order valence-electron chi connectivity index (χ3n) is 3.70. The van der Waals surface area contributed by atoms with E-state index in [0.717, 1.165) is 0 Å². The van der Waals surface area contributed by atoms with Crippen LogP contribution in [0.2, 0.25) is 0 Å². The highest BCUT2D eigenvalue weighted by Crippen LogP contribution is 2.36. The molecule has 2 N–H and O–H groups in total. The fourth-order valence-electron chi connectivity index (χ4n) is 2.55. The highest BCUT2D eigenvalue weighted by molar-refractivity contribution is 5.88. The smallest absolute Gasteiger partial charge is 0.201 e. The Morgan fingerprint density at radius 3 is 2.30 bits per heavy atom. The lowest BCUT2D eigenvalue weighted by atomic mass is 9.97. The summed E-state index contributed by atoms with van der Waals surface area (Å²) < 4.78 is 18.9. The molecule has 0 saturated heterocycles. The van der Waals surface area contributed by atoms with Crippen molar-refractivity contribution >= 4 is 11.0 Å². The van der Waals surface area contributed by atoms with E-state index in [1.54, 1.807) is 0 Å². The molecule has 0 saturated carbocycles. The summed E-state index contributed by atoms with van der Waals surface area (Å²) in [6.45, 7) is 3.69. The first-order valence-electron chi connectivity index (χ1n) is 7.17. The maximum absolute atomic E-state index is 13.1. The van der Waals surface area contributed by atoms with Gasteiger partial charge in [-0.25, -0.2) is 4.39 Å². The molecule has 0 atom stereocenters. The molecule has 0 amide bonds. The molecule has 0 aliphatic rings. The van der Waals surface area contributed by atoms with Gasteiger partial charge in [-0.1, -0.05) is 26.0 Å². The lowest BCUT2D eigenvalue weighted by Crippen LogP contribution is -2.10. The third kappa shape index (κ3) is 2.44. The van der Waals surface area contributed by atoms with Crippen molar-refractivity contribution in [3.63, 3.8) is 0 Å². The van der Waals surface area contributed by atoms with Gasteiger partial charge in [-0.3, -0.25) is 4.79 Å².